The fourth-order valence-corrected chi connectivity index (χ4v) is 6.67. The standard InChI is InChI=1S/C34H34F3N9O2/c1-3-20-12-27(33(36)37)38-16-26(20)24-13-23(21-6-5-9-43(17-21)30(47)7-10-45-11-8-39-42-45)31(35)32-25(24)14-28(41-32)34(48)44-18-22-15-40-46(4-2)29(22)19-44/h6,8,11-16,33,41H,3-5,7,9-10,17-19H2,1-2H3. The number of hydrogen-bond acceptors (Lipinski definition) is 6. The zero-order valence-corrected chi connectivity index (χ0v) is 26.6. The minimum atomic E-state index is -2.74. The molecule has 14 heteroatoms. The number of aromatic amines is 1. The number of nitrogens with zero attached hydrogens (tertiary/aromatic N) is 8. The van der Waals surface area contributed by atoms with Crippen LogP contribution >= 0.6 is 0 Å². The van der Waals surface area contributed by atoms with E-state index in [1.54, 1.807) is 45.2 Å². The van der Waals surface area contributed by atoms with Crippen molar-refractivity contribution in [1.82, 2.24) is 44.5 Å². The number of hydrogen-bond donors (Lipinski definition) is 1. The third-order valence-corrected chi connectivity index (χ3v) is 9.19. The number of benzene rings is 1. The maximum atomic E-state index is 16.6. The molecule has 0 saturated heterocycles. The molecule has 6 heterocycles. The van der Waals surface area contributed by atoms with E-state index in [4.69, 9.17) is 0 Å². The highest BCUT2D eigenvalue weighted by molar-refractivity contribution is 6.05. The summed E-state index contributed by atoms with van der Waals surface area (Å²) in [6, 6.07) is 4.70. The van der Waals surface area contributed by atoms with Crippen molar-refractivity contribution in [2.24, 2.45) is 0 Å². The number of halogens is 3. The third-order valence-electron chi connectivity index (χ3n) is 9.19. The molecule has 0 fully saturated rings. The Hall–Kier alpha value is -5.27. The number of pyridine rings is 1. The van der Waals surface area contributed by atoms with Crippen LogP contribution in [0.25, 0.3) is 27.6 Å². The molecule has 5 aromatic rings. The molecular formula is C34H34F3N9O2. The predicted molar refractivity (Wildman–Crippen MR) is 171 cm³/mol. The van der Waals surface area contributed by atoms with Gasteiger partial charge in [0.25, 0.3) is 12.3 Å². The molecule has 1 N–H and O–H groups in total. The monoisotopic (exact) mass is 657 g/mol. The van der Waals surface area contributed by atoms with E-state index < -0.39 is 12.2 Å². The molecule has 0 saturated carbocycles. The van der Waals surface area contributed by atoms with Crippen molar-refractivity contribution >= 4 is 28.3 Å². The van der Waals surface area contributed by atoms with Crippen LogP contribution in [0.15, 0.2) is 49.1 Å². The lowest BCUT2D eigenvalue weighted by atomic mass is 9.91. The van der Waals surface area contributed by atoms with E-state index in [2.05, 4.69) is 25.4 Å². The van der Waals surface area contributed by atoms with E-state index in [-0.39, 0.29) is 47.2 Å². The van der Waals surface area contributed by atoms with Crippen LogP contribution in [0, 0.1) is 5.82 Å². The van der Waals surface area contributed by atoms with Gasteiger partial charge in [0.05, 0.1) is 36.7 Å². The largest absolute Gasteiger partial charge is 0.348 e. The number of H-pyrrole nitrogens is 1. The molecule has 248 valence electrons. The highest BCUT2D eigenvalue weighted by Crippen LogP contribution is 2.39. The number of aromatic nitrogens is 7. The van der Waals surface area contributed by atoms with Crippen molar-refractivity contribution in [3.8, 4) is 11.1 Å². The highest BCUT2D eigenvalue weighted by Gasteiger charge is 2.30. The van der Waals surface area contributed by atoms with Gasteiger partial charge in [-0.25, -0.2) is 13.2 Å². The second kappa shape index (κ2) is 12.7. The molecule has 0 unspecified atom stereocenters. The Bertz CT molecular complexity index is 2050. The Morgan fingerprint density at radius 2 is 1.88 bits per heavy atom. The van der Waals surface area contributed by atoms with Crippen LogP contribution in [0.5, 0.6) is 0 Å². The van der Waals surface area contributed by atoms with Gasteiger partial charge in [0, 0.05) is 67.1 Å². The SMILES string of the molecule is CCc1cc(C(F)F)ncc1-c1cc(C2=CCCN(C(=O)CCn3ccnn3)C2)c(F)c2[nH]c(C(=O)N3Cc4cnn(CC)c4C3)cc12. The lowest BCUT2D eigenvalue weighted by molar-refractivity contribution is -0.131. The normalized spacial score (nSPS) is 14.7. The summed E-state index contributed by atoms with van der Waals surface area (Å²) in [6.45, 7) is 6.34. The molecule has 48 heavy (non-hydrogen) atoms. The predicted octanol–water partition coefficient (Wildman–Crippen LogP) is 5.54. The molecule has 7 rings (SSSR count). The van der Waals surface area contributed by atoms with Crippen molar-refractivity contribution in [2.45, 2.75) is 65.7 Å². The van der Waals surface area contributed by atoms with E-state index in [9.17, 15) is 18.4 Å². The highest BCUT2D eigenvalue weighted by atomic mass is 19.3. The van der Waals surface area contributed by atoms with Crippen molar-refractivity contribution in [3.63, 3.8) is 0 Å². The molecule has 4 aromatic heterocycles. The Morgan fingerprint density at radius 3 is 2.62 bits per heavy atom. The lowest BCUT2D eigenvalue weighted by Gasteiger charge is -2.28. The summed E-state index contributed by atoms with van der Waals surface area (Å²) in [5.74, 6) is -0.944. The molecule has 0 spiro atoms. The first-order valence-electron chi connectivity index (χ1n) is 16.0. The molecule has 1 aromatic carbocycles. The van der Waals surface area contributed by atoms with Gasteiger partial charge in [0.15, 0.2) is 5.82 Å². The van der Waals surface area contributed by atoms with Gasteiger partial charge in [-0.05, 0) is 54.7 Å². The number of rotatable bonds is 9. The Kier molecular flexibility index (Phi) is 8.31. The summed E-state index contributed by atoms with van der Waals surface area (Å²) in [5.41, 5.74) is 4.57. The van der Waals surface area contributed by atoms with Gasteiger partial charge in [-0.1, -0.05) is 18.2 Å². The molecule has 2 aliphatic heterocycles. The Labute approximate surface area is 274 Å². The zero-order valence-electron chi connectivity index (χ0n) is 26.6. The van der Waals surface area contributed by atoms with Crippen LogP contribution in [-0.4, -0.2) is 69.4 Å². The number of carbonyl (C=O) groups is 2. The Morgan fingerprint density at radius 1 is 1.02 bits per heavy atom. The zero-order chi connectivity index (χ0) is 33.5. The summed E-state index contributed by atoms with van der Waals surface area (Å²) in [7, 11) is 0. The summed E-state index contributed by atoms with van der Waals surface area (Å²) in [5, 5.41) is 12.5. The first-order valence-corrected chi connectivity index (χ1v) is 16.0. The quantitative estimate of drug-likeness (QED) is 0.223. The van der Waals surface area contributed by atoms with Gasteiger partial charge >= 0.3 is 0 Å². The van der Waals surface area contributed by atoms with Crippen LogP contribution in [-0.2, 0) is 37.4 Å². The first kappa shape index (κ1) is 31.3. The van der Waals surface area contributed by atoms with Crippen LogP contribution in [0.4, 0.5) is 13.2 Å². The maximum absolute atomic E-state index is 16.6. The summed E-state index contributed by atoms with van der Waals surface area (Å²) in [6.07, 6.45) is 6.75. The van der Waals surface area contributed by atoms with Gasteiger partial charge in [-0.15, -0.1) is 5.10 Å². The average molecular weight is 658 g/mol. The van der Waals surface area contributed by atoms with Crippen molar-refractivity contribution < 1.29 is 22.8 Å². The van der Waals surface area contributed by atoms with Crippen molar-refractivity contribution in [3.05, 3.63) is 88.7 Å². The average Bonchev–Trinajstić information content (AvgIpc) is 3.92. The maximum Gasteiger partial charge on any atom is 0.280 e. The fourth-order valence-electron chi connectivity index (χ4n) is 6.67. The van der Waals surface area contributed by atoms with E-state index in [0.717, 1.165) is 11.3 Å². The number of alkyl halides is 2. The second-order valence-electron chi connectivity index (χ2n) is 12.0. The molecule has 2 aliphatic rings. The summed E-state index contributed by atoms with van der Waals surface area (Å²) < 4.78 is 47.3. The molecule has 0 atom stereocenters. The summed E-state index contributed by atoms with van der Waals surface area (Å²) in [4.78, 5) is 37.4. The number of carbonyl (C=O) groups excluding carboxylic acids is 2. The smallest absolute Gasteiger partial charge is 0.280 e. The minimum Gasteiger partial charge on any atom is -0.348 e. The molecule has 0 bridgehead atoms. The molecule has 0 aliphatic carbocycles. The van der Waals surface area contributed by atoms with Gasteiger partial charge in [-0.2, -0.15) is 5.10 Å². The first-order chi connectivity index (χ1) is 23.2. The van der Waals surface area contributed by atoms with Crippen molar-refractivity contribution in [1.29, 1.82) is 0 Å². The third kappa shape index (κ3) is 5.64. The molecule has 2 amide bonds. The number of aryl methyl sites for hydroxylation is 3. The number of nitrogens with one attached hydrogen (secondary N) is 1. The van der Waals surface area contributed by atoms with E-state index in [0.29, 0.717) is 73.2 Å². The lowest BCUT2D eigenvalue weighted by Crippen LogP contribution is -2.36. The number of amides is 2. The van der Waals surface area contributed by atoms with Gasteiger partial charge in [0.2, 0.25) is 5.91 Å². The van der Waals surface area contributed by atoms with E-state index in [1.165, 1.54) is 12.3 Å². The van der Waals surface area contributed by atoms with Gasteiger partial charge < -0.3 is 14.8 Å². The van der Waals surface area contributed by atoms with Crippen LogP contribution < -0.4 is 0 Å². The molecule has 0 radical (unpaired) electrons. The molecule has 11 nitrogen and oxygen atoms in total. The summed E-state index contributed by atoms with van der Waals surface area (Å²) >= 11 is 0. The van der Waals surface area contributed by atoms with E-state index >= 15 is 4.39 Å². The topological polar surface area (TPSA) is 118 Å². The number of fused-ring (bicyclic) bond motifs is 2. The molecular weight excluding hydrogens is 623 g/mol. The van der Waals surface area contributed by atoms with Gasteiger partial charge in [-0.3, -0.25) is 23.9 Å². The fraction of sp³-hybridized carbons (Fsp3) is 0.353. The van der Waals surface area contributed by atoms with Crippen LogP contribution in [0.2, 0.25) is 0 Å². The minimum absolute atomic E-state index is 0.0940. The Balaban J connectivity index is 1.27. The van der Waals surface area contributed by atoms with E-state index in [1.807, 2.05) is 24.6 Å². The van der Waals surface area contributed by atoms with Crippen LogP contribution in [0.3, 0.4) is 0 Å². The van der Waals surface area contributed by atoms with Crippen LogP contribution in [0.1, 0.15) is 71.7 Å². The van der Waals surface area contributed by atoms with Crippen molar-refractivity contribution in [2.75, 3.05) is 13.1 Å². The van der Waals surface area contributed by atoms with Gasteiger partial charge in [0.1, 0.15) is 11.4 Å². The second-order valence-corrected chi connectivity index (χ2v) is 12.0.